The maximum absolute atomic E-state index is 13.4. The van der Waals surface area contributed by atoms with Crippen LogP contribution in [0.1, 0.15) is 207 Å². The Bertz CT molecular complexity index is 1000. The molecule has 0 spiro atoms. The normalized spacial score (nSPS) is 12.2. The second-order valence-corrected chi connectivity index (χ2v) is 15.6. The summed E-state index contributed by atoms with van der Waals surface area (Å²) in [6.45, 7) is 7.92. The SMILES string of the molecule is CCCCCCCC(=O)OCCCCCCCCCOC(=O)CC(CC)(OC(=O)CCN(C)C)C(=O)OCCCCCCCCCOC(=O)CCCCCCC. The summed E-state index contributed by atoms with van der Waals surface area (Å²) in [4.78, 5) is 64.5. The molecule has 11 heteroatoms. The van der Waals surface area contributed by atoms with Crippen LogP contribution in [0.15, 0.2) is 0 Å². The van der Waals surface area contributed by atoms with E-state index in [1.54, 1.807) is 6.92 Å². The second-order valence-electron chi connectivity index (χ2n) is 15.6. The van der Waals surface area contributed by atoms with Gasteiger partial charge in [0.15, 0.2) is 0 Å². The van der Waals surface area contributed by atoms with Gasteiger partial charge in [0.2, 0.25) is 5.60 Å². The first-order valence-corrected chi connectivity index (χ1v) is 22.6. The van der Waals surface area contributed by atoms with Crippen LogP contribution >= 0.6 is 0 Å². The highest BCUT2D eigenvalue weighted by atomic mass is 16.6. The lowest BCUT2D eigenvalue weighted by Crippen LogP contribution is -2.46. The molecule has 0 saturated heterocycles. The number of rotatable bonds is 40. The van der Waals surface area contributed by atoms with Crippen molar-refractivity contribution in [3.63, 3.8) is 0 Å². The minimum atomic E-state index is -1.72. The zero-order valence-corrected chi connectivity index (χ0v) is 36.6. The van der Waals surface area contributed by atoms with Gasteiger partial charge < -0.3 is 28.6 Å². The second kappa shape index (κ2) is 37.9. The average molecular weight is 798 g/mol. The molecule has 0 fully saturated rings. The Morgan fingerprint density at radius 2 is 0.768 bits per heavy atom. The molecule has 0 aromatic carbocycles. The van der Waals surface area contributed by atoms with Gasteiger partial charge in [-0.15, -0.1) is 0 Å². The van der Waals surface area contributed by atoms with Crippen LogP contribution < -0.4 is 0 Å². The van der Waals surface area contributed by atoms with Crippen LogP contribution in [0, 0.1) is 0 Å². The lowest BCUT2D eigenvalue weighted by atomic mass is 9.96. The monoisotopic (exact) mass is 798 g/mol. The quantitative estimate of drug-likeness (QED) is 0.0333. The molecule has 0 aliphatic carbocycles. The number of ether oxygens (including phenoxy) is 5. The molecule has 0 aliphatic rings. The van der Waals surface area contributed by atoms with Crippen LogP contribution in [0.25, 0.3) is 0 Å². The molecule has 0 rings (SSSR count). The summed E-state index contributed by atoms with van der Waals surface area (Å²) in [5.41, 5.74) is -1.72. The maximum Gasteiger partial charge on any atom is 0.351 e. The molecule has 0 heterocycles. The van der Waals surface area contributed by atoms with E-state index in [-0.39, 0.29) is 44.4 Å². The van der Waals surface area contributed by atoms with Gasteiger partial charge >= 0.3 is 29.8 Å². The minimum absolute atomic E-state index is 0.0860. The van der Waals surface area contributed by atoms with Crippen molar-refractivity contribution in [2.24, 2.45) is 0 Å². The van der Waals surface area contributed by atoms with Crippen LogP contribution in [0.3, 0.4) is 0 Å². The molecule has 11 nitrogen and oxygen atoms in total. The van der Waals surface area contributed by atoms with Gasteiger partial charge in [0, 0.05) is 19.4 Å². The third-order valence-corrected chi connectivity index (χ3v) is 10.0. The Morgan fingerprint density at radius 3 is 1.16 bits per heavy atom. The predicted octanol–water partition coefficient (Wildman–Crippen LogP) is 10.4. The number of hydrogen-bond acceptors (Lipinski definition) is 11. The lowest BCUT2D eigenvalue weighted by Gasteiger charge is -2.29. The largest absolute Gasteiger partial charge is 0.466 e. The van der Waals surface area contributed by atoms with E-state index in [4.69, 9.17) is 23.7 Å². The zero-order valence-electron chi connectivity index (χ0n) is 36.6. The molecule has 0 amide bonds. The van der Waals surface area contributed by atoms with E-state index in [1.165, 1.54) is 38.5 Å². The smallest absolute Gasteiger partial charge is 0.351 e. The zero-order chi connectivity index (χ0) is 41.5. The van der Waals surface area contributed by atoms with Crippen molar-refractivity contribution in [3.8, 4) is 0 Å². The van der Waals surface area contributed by atoms with Crippen LogP contribution in [0.2, 0.25) is 0 Å². The van der Waals surface area contributed by atoms with E-state index in [0.717, 1.165) is 103 Å². The Morgan fingerprint density at radius 1 is 0.411 bits per heavy atom. The Balaban J connectivity index is 4.35. The summed E-state index contributed by atoms with van der Waals surface area (Å²) in [5, 5.41) is 0. The summed E-state index contributed by atoms with van der Waals surface area (Å²) in [6.07, 6.45) is 25.2. The molecule has 0 bridgehead atoms. The van der Waals surface area contributed by atoms with Crippen molar-refractivity contribution in [2.45, 2.75) is 213 Å². The van der Waals surface area contributed by atoms with Crippen molar-refractivity contribution in [1.29, 1.82) is 0 Å². The van der Waals surface area contributed by atoms with E-state index < -0.39 is 23.5 Å². The van der Waals surface area contributed by atoms with Crippen LogP contribution in [0.4, 0.5) is 0 Å². The molecule has 0 radical (unpaired) electrons. The van der Waals surface area contributed by atoms with Crippen molar-refractivity contribution in [1.82, 2.24) is 4.90 Å². The molecule has 0 aliphatic heterocycles. The van der Waals surface area contributed by atoms with Gasteiger partial charge in [-0.3, -0.25) is 19.2 Å². The average Bonchev–Trinajstić information content (AvgIpc) is 3.17. The van der Waals surface area contributed by atoms with Gasteiger partial charge in [-0.05, 0) is 59.0 Å². The van der Waals surface area contributed by atoms with Crippen LogP contribution in [-0.2, 0) is 47.7 Å². The fraction of sp³-hybridized carbons (Fsp3) is 0.889. The number of unbranched alkanes of at least 4 members (excludes halogenated alkanes) is 20. The summed E-state index contributed by atoms with van der Waals surface area (Å²) in [5.74, 6) is -2.02. The van der Waals surface area contributed by atoms with E-state index in [9.17, 15) is 24.0 Å². The maximum atomic E-state index is 13.4. The highest BCUT2D eigenvalue weighted by Crippen LogP contribution is 2.25. The van der Waals surface area contributed by atoms with Gasteiger partial charge in [0.25, 0.3) is 0 Å². The number of hydrogen-bond donors (Lipinski definition) is 0. The Kier molecular flexibility index (Phi) is 36.0. The van der Waals surface area contributed by atoms with Crippen LogP contribution in [-0.4, -0.2) is 87.4 Å². The van der Waals surface area contributed by atoms with Gasteiger partial charge in [0.05, 0.1) is 39.3 Å². The molecular formula is C45H83NO10. The molecule has 1 atom stereocenters. The van der Waals surface area contributed by atoms with Crippen molar-refractivity contribution in [2.75, 3.05) is 47.1 Å². The molecule has 0 saturated carbocycles. The number of carbonyl (C=O) groups is 5. The molecule has 0 aromatic heterocycles. The van der Waals surface area contributed by atoms with E-state index in [1.807, 2.05) is 19.0 Å². The molecule has 0 aromatic rings. The summed E-state index contributed by atoms with van der Waals surface area (Å²) < 4.78 is 27.5. The van der Waals surface area contributed by atoms with Crippen molar-refractivity contribution < 1.29 is 47.7 Å². The Hall–Kier alpha value is -2.69. The summed E-state index contributed by atoms with van der Waals surface area (Å²) >= 11 is 0. The Labute approximate surface area is 341 Å². The minimum Gasteiger partial charge on any atom is -0.466 e. The topological polar surface area (TPSA) is 135 Å². The molecule has 1 unspecified atom stereocenters. The first-order valence-electron chi connectivity index (χ1n) is 22.6. The van der Waals surface area contributed by atoms with Gasteiger partial charge in [-0.25, -0.2) is 4.79 Å². The number of carbonyl (C=O) groups excluding carboxylic acids is 5. The molecule has 328 valence electrons. The van der Waals surface area contributed by atoms with Crippen molar-refractivity contribution >= 4 is 29.8 Å². The predicted molar refractivity (Wildman–Crippen MR) is 222 cm³/mol. The van der Waals surface area contributed by atoms with E-state index in [2.05, 4.69) is 13.8 Å². The summed E-state index contributed by atoms with van der Waals surface area (Å²) in [6, 6.07) is 0. The fourth-order valence-electron chi connectivity index (χ4n) is 6.28. The molecular weight excluding hydrogens is 714 g/mol. The fourth-order valence-corrected chi connectivity index (χ4v) is 6.28. The highest BCUT2D eigenvalue weighted by Gasteiger charge is 2.45. The molecule has 0 N–H and O–H groups in total. The first kappa shape index (κ1) is 53.3. The van der Waals surface area contributed by atoms with Crippen LogP contribution in [0.5, 0.6) is 0 Å². The number of nitrogens with zero attached hydrogens (tertiary/aromatic N) is 1. The van der Waals surface area contributed by atoms with Gasteiger partial charge in [-0.2, -0.15) is 0 Å². The van der Waals surface area contributed by atoms with E-state index >= 15 is 0 Å². The molecule has 56 heavy (non-hydrogen) atoms. The lowest BCUT2D eigenvalue weighted by molar-refractivity contribution is -0.188. The van der Waals surface area contributed by atoms with E-state index in [0.29, 0.717) is 45.4 Å². The van der Waals surface area contributed by atoms with Gasteiger partial charge in [-0.1, -0.05) is 136 Å². The number of esters is 5. The van der Waals surface area contributed by atoms with Crippen molar-refractivity contribution in [3.05, 3.63) is 0 Å². The van der Waals surface area contributed by atoms with Gasteiger partial charge in [0.1, 0.15) is 0 Å². The third-order valence-electron chi connectivity index (χ3n) is 10.0. The highest BCUT2D eigenvalue weighted by molar-refractivity contribution is 5.88. The summed E-state index contributed by atoms with van der Waals surface area (Å²) in [7, 11) is 3.69. The first-order chi connectivity index (χ1) is 27.1. The third kappa shape index (κ3) is 32.4. The standard InChI is InChI=1S/C45H83NO10/c1-6-9-11-19-25-31-40(47)52-35-27-21-15-13-17-23-29-37-54-43(50)39-45(8-3,56-42(49)33-34-46(4)5)44(51)55-38-30-24-18-14-16-22-28-36-53-41(48)32-26-20-12-10-7-2/h6-39H2,1-5H3.